The SMILES string of the molecule is CCc1cc(N(C)C)c(C(=O)N(C)CC)cc1OC. The molecule has 1 aromatic rings. The maximum Gasteiger partial charge on any atom is 0.255 e. The molecule has 0 aliphatic rings. The highest BCUT2D eigenvalue weighted by atomic mass is 16.5. The summed E-state index contributed by atoms with van der Waals surface area (Å²) in [7, 11) is 7.34. The molecule has 0 fully saturated rings. The lowest BCUT2D eigenvalue weighted by molar-refractivity contribution is 0.0802. The summed E-state index contributed by atoms with van der Waals surface area (Å²) in [6, 6.07) is 3.89. The highest BCUT2D eigenvalue weighted by Crippen LogP contribution is 2.30. The fourth-order valence-corrected chi connectivity index (χ4v) is 1.97. The first-order valence-electron chi connectivity index (χ1n) is 6.59. The number of aryl methyl sites for hydroxylation is 1. The standard InChI is InChI=1S/C15H24N2O2/c1-7-11-9-13(16(3)4)12(10-14(11)19-6)15(18)17(5)8-2/h9-10H,7-8H2,1-6H3. The van der Waals surface area contributed by atoms with Crippen LogP contribution in [-0.4, -0.2) is 45.6 Å². The molecule has 0 aliphatic carbocycles. The highest BCUT2D eigenvalue weighted by Gasteiger charge is 2.19. The Morgan fingerprint density at radius 3 is 2.26 bits per heavy atom. The monoisotopic (exact) mass is 264 g/mol. The smallest absolute Gasteiger partial charge is 0.255 e. The molecule has 106 valence electrons. The van der Waals surface area contributed by atoms with Crippen molar-refractivity contribution in [3.63, 3.8) is 0 Å². The molecule has 0 bridgehead atoms. The quantitative estimate of drug-likeness (QED) is 0.819. The summed E-state index contributed by atoms with van der Waals surface area (Å²) in [5.41, 5.74) is 2.73. The van der Waals surface area contributed by atoms with Crippen molar-refractivity contribution in [1.82, 2.24) is 4.90 Å². The van der Waals surface area contributed by atoms with E-state index in [1.165, 1.54) is 0 Å². The van der Waals surface area contributed by atoms with Crippen LogP contribution in [0.3, 0.4) is 0 Å². The first kappa shape index (κ1) is 15.3. The minimum atomic E-state index is 0.0205. The molecular formula is C15H24N2O2. The van der Waals surface area contributed by atoms with Gasteiger partial charge in [-0.2, -0.15) is 0 Å². The van der Waals surface area contributed by atoms with E-state index in [1.54, 1.807) is 12.0 Å². The van der Waals surface area contributed by atoms with E-state index < -0.39 is 0 Å². The first-order valence-corrected chi connectivity index (χ1v) is 6.59. The van der Waals surface area contributed by atoms with E-state index in [1.807, 2.05) is 45.1 Å². The summed E-state index contributed by atoms with van der Waals surface area (Å²) in [4.78, 5) is 16.1. The molecular weight excluding hydrogens is 240 g/mol. The van der Waals surface area contributed by atoms with Crippen molar-refractivity contribution in [1.29, 1.82) is 0 Å². The van der Waals surface area contributed by atoms with Gasteiger partial charge in [0, 0.05) is 33.4 Å². The zero-order valence-electron chi connectivity index (χ0n) is 12.8. The Morgan fingerprint density at radius 2 is 1.84 bits per heavy atom. The number of amides is 1. The van der Waals surface area contributed by atoms with E-state index in [0.717, 1.165) is 23.4 Å². The predicted octanol–water partition coefficient (Wildman–Crippen LogP) is 2.42. The van der Waals surface area contributed by atoms with Gasteiger partial charge < -0.3 is 14.5 Å². The summed E-state index contributed by atoms with van der Waals surface area (Å²) < 4.78 is 5.39. The molecule has 0 radical (unpaired) electrons. The number of rotatable bonds is 5. The Bertz CT molecular complexity index is 456. The van der Waals surface area contributed by atoms with Gasteiger partial charge in [-0.1, -0.05) is 6.92 Å². The number of hydrogen-bond donors (Lipinski definition) is 0. The van der Waals surface area contributed by atoms with Gasteiger partial charge in [0.2, 0.25) is 0 Å². The molecule has 0 aliphatic heterocycles. The van der Waals surface area contributed by atoms with Crippen LogP contribution in [-0.2, 0) is 6.42 Å². The first-order chi connectivity index (χ1) is 8.96. The van der Waals surface area contributed by atoms with Crippen LogP contribution in [0.5, 0.6) is 5.75 Å². The van der Waals surface area contributed by atoms with Gasteiger partial charge >= 0.3 is 0 Å². The second-order valence-corrected chi connectivity index (χ2v) is 4.75. The summed E-state index contributed by atoms with van der Waals surface area (Å²) >= 11 is 0. The van der Waals surface area contributed by atoms with E-state index in [-0.39, 0.29) is 5.91 Å². The lowest BCUT2D eigenvalue weighted by atomic mass is 10.0. The normalized spacial score (nSPS) is 10.2. The van der Waals surface area contributed by atoms with Gasteiger partial charge in [0.25, 0.3) is 5.91 Å². The average Bonchev–Trinajstić information content (AvgIpc) is 2.43. The van der Waals surface area contributed by atoms with E-state index in [9.17, 15) is 4.79 Å². The van der Waals surface area contributed by atoms with Crippen molar-refractivity contribution < 1.29 is 9.53 Å². The van der Waals surface area contributed by atoms with Gasteiger partial charge in [0.1, 0.15) is 5.75 Å². The summed E-state index contributed by atoms with van der Waals surface area (Å²) in [5, 5.41) is 0. The van der Waals surface area contributed by atoms with Crippen molar-refractivity contribution in [3.8, 4) is 5.75 Å². The second-order valence-electron chi connectivity index (χ2n) is 4.75. The van der Waals surface area contributed by atoms with Gasteiger partial charge in [-0.15, -0.1) is 0 Å². The molecule has 0 saturated carbocycles. The third-order valence-corrected chi connectivity index (χ3v) is 3.31. The molecule has 1 rings (SSSR count). The molecule has 0 aromatic heterocycles. The molecule has 0 heterocycles. The number of carbonyl (C=O) groups excluding carboxylic acids is 1. The largest absolute Gasteiger partial charge is 0.496 e. The Kier molecular flexibility index (Phi) is 5.21. The van der Waals surface area contributed by atoms with Crippen molar-refractivity contribution >= 4 is 11.6 Å². The van der Waals surface area contributed by atoms with Gasteiger partial charge in [-0.3, -0.25) is 4.79 Å². The fraction of sp³-hybridized carbons (Fsp3) is 0.533. The third-order valence-electron chi connectivity index (χ3n) is 3.31. The molecule has 19 heavy (non-hydrogen) atoms. The molecule has 0 spiro atoms. The molecule has 1 aromatic carbocycles. The highest BCUT2D eigenvalue weighted by molar-refractivity contribution is 6.00. The number of methoxy groups -OCH3 is 1. The van der Waals surface area contributed by atoms with Crippen LogP contribution in [0, 0.1) is 0 Å². The van der Waals surface area contributed by atoms with E-state index in [4.69, 9.17) is 4.74 Å². The summed E-state index contributed by atoms with van der Waals surface area (Å²) in [6.07, 6.45) is 0.877. The molecule has 4 nitrogen and oxygen atoms in total. The second kappa shape index (κ2) is 6.45. The van der Waals surface area contributed by atoms with Crippen LogP contribution in [0.1, 0.15) is 29.8 Å². The molecule has 1 amide bonds. The van der Waals surface area contributed by atoms with Gasteiger partial charge in [-0.25, -0.2) is 0 Å². The van der Waals surface area contributed by atoms with Crippen molar-refractivity contribution in [3.05, 3.63) is 23.3 Å². The Hall–Kier alpha value is -1.71. The Morgan fingerprint density at radius 1 is 1.21 bits per heavy atom. The minimum Gasteiger partial charge on any atom is -0.496 e. The molecule has 0 unspecified atom stereocenters. The number of ether oxygens (including phenoxy) is 1. The number of carbonyl (C=O) groups is 1. The molecule has 0 atom stereocenters. The molecule has 4 heteroatoms. The lowest BCUT2D eigenvalue weighted by Crippen LogP contribution is -2.28. The number of hydrogen-bond acceptors (Lipinski definition) is 3. The van der Waals surface area contributed by atoms with Crippen LogP contribution in [0.25, 0.3) is 0 Å². The van der Waals surface area contributed by atoms with Crippen LogP contribution in [0.4, 0.5) is 5.69 Å². The Labute approximate surface area is 116 Å². The van der Waals surface area contributed by atoms with Gasteiger partial charge in [0.15, 0.2) is 0 Å². The van der Waals surface area contributed by atoms with Crippen molar-refractivity contribution in [2.75, 3.05) is 39.7 Å². The molecule has 0 saturated heterocycles. The third kappa shape index (κ3) is 3.19. The summed E-state index contributed by atoms with van der Waals surface area (Å²) in [6.45, 7) is 4.73. The van der Waals surface area contributed by atoms with E-state index in [0.29, 0.717) is 12.1 Å². The number of benzene rings is 1. The van der Waals surface area contributed by atoms with Crippen LogP contribution in [0.2, 0.25) is 0 Å². The van der Waals surface area contributed by atoms with Crippen molar-refractivity contribution in [2.45, 2.75) is 20.3 Å². The Balaban J connectivity index is 3.39. The maximum atomic E-state index is 12.4. The van der Waals surface area contributed by atoms with Crippen molar-refractivity contribution in [2.24, 2.45) is 0 Å². The average molecular weight is 264 g/mol. The van der Waals surface area contributed by atoms with E-state index >= 15 is 0 Å². The fourth-order valence-electron chi connectivity index (χ4n) is 1.97. The predicted molar refractivity (Wildman–Crippen MR) is 79.3 cm³/mol. The van der Waals surface area contributed by atoms with Crippen LogP contribution >= 0.6 is 0 Å². The number of anilines is 1. The van der Waals surface area contributed by atoms with Crippen LogP contribution < -0.4 is 9.64 Å². The minimum absolute atomic E-state index is 0.0205. The lowest BCUT2D eigenvalue weighted by Gasteiger charge is -2.23. The summed E-state index contributed by atoms with van der Waals surface area (Å²) in [5.74, 6) is 0.799. The van der Waals surface area contributed by atoms with Gasteiger partial charge in [-0.05, 0) is 31.0 Å². The topological polar surface area (TPSA) is 32.8 Å². The van der Waals surface area contributed by atoms with E-state index in [2.05, 4.69) is 6.92 Å². The molecule has 0 N–H and O–H groups in total. The number of nitrogens with zero attached hydrogens (tertiary/aromatic N) is 2. The maximum absolute atomic E-state index is 12.4. The zero-order valence-corrected chi connectivity index (χ0v) is 12.8. The van der Waals surface area contributed by atoms with Gasteiger partial charge in [0.05, 0.1) is 12.7 Å². The zero-order chi connectivity index (χ0) is 14.6. The van der Waals surface area contributed by atoms with Crippen LogP contribution in [0.15, 0.2) is 12.1 Å².